The molecule has 0 spiro atoms. The highest BCUT2D eigenvalue weighted by Gasteiger charge is 2.21. The van der Waals surface area contributed by atoms with Crippen LogP contribution >= 0.6 is 0 Å². The van der Waals surface area contributed by atoms with E-state index < -0.39 is 0 Å². The second-order valence-electron chi connectivity index (χ2n) is 5.03. The van der Waals surface area contributed by atoms with Crippen LogP contribution in [0, 0.1) is 0 Å². The lowest BCUT2D eigenvalue weighted by Crippen LogP contribution is -2.19. The normalized spacial score (nSPS) is 21.3. The second-order valence-corrected chi connectivity index (χ2v) is 5.03. The van der Waals surface area contributed by atoms with Crippen molar-refractivity contribution in [1.29, 1.82) is 0 Å². The summed E-state index contributed by atoms with van der Waals surface area (Å²) in [5.41, 5.74) is 2.50. The predicted octanol–water partition coefficient (Wildman–Crippen LogP) is 2.65. The summed E-state index contributed by atoms with van der Waals surface area (Å²) in [6.45, 7) is 6.46. The van der Waals surface area contributed by atoms with Gasteiger partial charge in [-0.15, -0.1) is 0 Å². The Morgan fingerprint density at radius 2 is 1.94 bits per heavy atom. The first-order chi connectivity index (χ1) is 7.63. The van der Waals surface area contributed by atoms with Crippen molar-refractivity contribution in [2.75, 3.05) is 20.2 Å². The SMILES string of the molecule is COC(C)(C)c1ccc(C2CCNC2)cc1. The topological polar surface area (TPSA) is 21.3 Å². The number of ether oxygens (including phenoxy) is 1. The maximum Gasteiger partial charge on any atom is 0.0871 e. The minimum absolute atomic E-state index is 0.188. The van der Waals surface area contributed by atoms with E-state index in [1.807, 2.05) is 0 Å². The Morgan fingerprint density at radius 1 is 1.25 bits per heavy atom. The van der Waals surface area contributed by atoms with Gasteiger partial charge in [0.25, 0.3) is 0 Å². The molecule has 0 amide bonds. The molecule has 88 valence electrons. The number of rotatable bonds is 3. The zero-order valence-corrected chi connectivity index (χ0v) is 10.4. The molecule has 0 aliphatic carbocycles. The predicted molar refractivity (Wildman–Crippen MR) is 66.7 cm³/mol. The molecule has 0 aromatic heterocycles. The fraction of sp³-hybridized carbons (Fsp3) is 0.571. The number of hydrogen-bond donors (Lipinski definition) is 1. The molecular weight excluding hydrogens is 198 g/mol. The first kappa shape index (κ1) is 11.6. The molecule has 0 radical (unpaired) electrons. The van der Waals surface area contributed by atoms with Crippen LogP contribution < -0.4 is 5.32 Å². The first-order valence-corrected chi connectivity index (χ1v) is 6.00. The summed E-state index contributed by atoms with van der Waals surface area (Å²) >= 11 is 0. The minimum atomic E-state index is -0.188. The second kappa shape index (κ2) is 4.56. The molecule has 1 aromatic carbocycles. The molecule has 1 fully saturated rings. The Kier molecular flexibility index (Phi) is 3.31. The third-order valence-electron chi connectivity index (χ3n) is 3.65. The fourth-order valence-electron chi connectivity index (χ4n) is 2.21. The van der Waals surface area contributed by atoms with Crippen LogP contribution in [0.1, 0.15) is 37.3 Å². The zero-order valence-electron chi connectivity index (χ0n) is 10.4. The largest absolute Gasteiger partial charge is 0.374 e. The van der Waals surface area contributed by atoms with E-state index in [-0.39, 0.29) is 5.60 Å². The van der Waals surface area contributed by atoms with Gasteiger partial charge in [0.2, 0.25) is 0 Å². The molecule has 1 aliphatic heterocycles. The molecule has 2 rings (SSSR count). The maximum absolute atomic E-state index is 5.48. The molecule has 1 saturated heterocycles. The van der Waals surface area contributed by atoms with Crippen LogP contribution in [0.15, 0.2) is 24.3 Å². The fourth-order valence-corrected chi connectivity index (χ4v) is 2.21. The van der Waals surface area contributed by atoms with Crippen LogP contribution in [0.5, 0.6) is 0 Å². The van der Waals surface area contributed by atoms with Crippen LogP contribution in [0.4, 0.5) is 0 Å². The van der Waals surface area contributed by atoms with E-state index in [1.165, 1.54) is 17.5 Å². The van der Waals surface area contributed by atoms with E-state index in [2.05, 4.69) is 43.4 Å². The standard InChI is InChI=1S/C14H21NO/c1-14(2,16-3)13-6-4-11(5-7-13)12-8-9-15-10-12/h4-7,12,15H,8-10H2,1-3H3. The molecule has 0 bridgehead atoms. The zero-order chi connectivity index (χ0) is 11.6. The van der Waals surface area contributed by atoms with Gasteiger partial charge in [0, 0.05) is 13.7 Å². The highest BCUT2D eigenvalue weighted by atomic mass is 16.5. The quantitative estimate of drug-likeness (QED) is 0.844. The minimum Gasteiger partial charge on any atom is -0.374 e. The van der Waals surface area contributed by atoms with E-state index in [1.54, 1.807) is 7.11 Å². The van der Waals surface area contributed by atoms with Gasteiger partial charge in [0.1, 0.15) is 0 Å². The average Bonchev–Trinajstić information content (AvgIpc) is 2.83. The summed E-state index contributed by atoms with van der Waals surface area (Å²) in [7, 11) is 1.76. The molecule has 1 aliphatic rings. The molecular formula is C14H21NO. The number of nitrogens with one attached hydrogen (secondary N) is 1. The summed E-state index contributed by atoms with van der Waals surface area (Å²) < 4.78 is 5.48. The Bertz CT molecular complexity index is 336. The van der Waals surface area contributed by atoms with Gasteiger partial charge < -0.3 is 10.1 Å². The molecule has 0 saturated carbocycles. The lowest BCUT2D eigenvalue weighted by atomic mass is 9.92. The van der Waals surface area contributed by atoms with Gasteiger partial charge in [0.05, 0.1) is 5.60 Å². The lowest BCUT2D eigenvalue weighted by molar-refractivity contribution is 0.0192. The number of methoxy groups -OCH3 is 1. The summed E-state index contributed by atoms with van der Waals surface area (Å²) in [5.74, 6) is 0.694. The first-order valence-electron chi connectivity index (χ1n) is 6.00. The van der Waals surface area contributed by atoms with E-state index >= 15 is 0 Å². The van der Waals surface area contributed by atoms with Crippen LogP contribution in [0.25, 0.3) is 0 Å². The van der Waals surface area contributed by atoms with E-state index in [4.69, 9.17) is 4.74 Å². The van der Waals surface area contributed by atoms with Gasteiger partial charge in [-0.2, -0.15) is 0 Å². The Hall–Kier alpha value is -0.860. The molecule has 1 atom stereocenters. The maximum atomic E-state index is 5.48. The van der Waals surface area contributed by atoms with Gasteiger partial charge in [-0.05, 0) is 43.9 Å². The van der Waals surface area contributed by atoms with Crippen molar-refractivity contribution >= 4 is 0 Å². The van der Waals surface area contributed by atoms with Crippen molar-refractivity contribution in [2.45, 2.75) is 31.8 Å². The van der Waals surface area contributed by atoms with Crippen LogP contribution in [-0.2, 0) is 10.3 Å². The van der Waals surface area contributed by atoms with Crippen molar-refractivity contribution in [3.8, 4) is 0 Å². The van der Waals surface area contributed by atoms with Crippen LogP contribution in [0.3, 0.4) is 0 Å². The summed E-state index contributed by atoms with van der Waals surface area (Å²) in [5, 5.41) is 3.40. The molecule has 16 heavy (non-hydrogen) atoms. The highest BCUT2D eigenvalue weighted by Crippen LogP contribution is 2.27. The summed E-state index contributed by atoms with van der Waals surface area (Å²) in [6.07, 6.45) is 1.26. The number of benzene rings is 1. The third-order valence-corrected chi connectivity index (χ3v) is 3.65. The molecule has 2 nitrogen and oxygen atoms in total. The molecule has 1 aromatic rings. The van der Waals surface area contributed by atoms with Crippen molar-refractivity contribution in [3.63, 3.8) is 0 Å². The van der Waals surface area contributed by atoms with Gasteiger partial charge in [-0.25, -0.2) is 0 Å². The third kappa shape index (κ3) is 2.28. The van der Waals surface area contributed by atoms with Gasteiger partial charge in [0.15, 0.2) is 0 Å². The Labute approximate surface area is 98.0 Å². The molecule has 1 N–H and O–H groups in total. The Balaban J connectivity index is 2.15. The van der Waals surface area contributed by atoms with Crippen molar-refractivity contribution in [1.82, 2.24) is 5.32 Å². The van der Waals surface area contributed by atoms with Gasteiger partial charge in [-0.3, -0.25) is 0 Å². The van der Waals surface area contributed by atoms with Crippen LogP contribution in [-0.4, -0.2) is 20.2 Å². The highest BCUT2D eigenvalue weighted by molar-refractivity contribution is 5.29. The Morgan fingerprint density at radius 3 is 2.44 bits per heavy atom. The van der Waals surface area contributed by atoms with E-state index in [0.29, 0.717) is 5.92 Å². The number of hydrogen-bond acceptors (Lipinski definition) is 2. The lowest BCUT2D eigenvalue weighted by Gasteiger charge is -2.24. The van der Waals surface area contributed by atoms with E-state index in [0.717, 1.165) is 13.1 Å². The summed E-state index contributed by atoms with van der Waals surface area (Å²) in [4.78, 5) is 0. The van der Waals surface area contributed by atoms with Crippen molar-refractivity contribution in [2.24, 2.45) is 0 Å². The van der Waals surface area contributed by atoms with Gasteiger partial charge >= 0.3 is 0 Å². The smallest absolute Gasteiger partial charge is 0.0871 e. The molecule has 2 heteroatoms. The van der Waals surface area contributed by atoms with Crippen LogP contribution in [0.2, 0.25) is 0 Å². The monoisotopic (exact) mass is 219 g/mol. The molecule has 1 heterocycles. The average molecular weight is 219 g/mol. The van der Waals surface area contributed by atoms with E-state index in [9.17, 15) is 0 Å². The van der Waals surface area contributed by atoms with Gasteiger partial charge in [-0.1, -0.05) is 24.3 Å². The van der Waals surface area contributed by atoms with Crippen molar-refractivity contribution in [3.05, 3.63) is 35.4 Å². The van der Waals surface area contributed by atoms with Crippen molar-refractivity contribution < 1.29 is 4.74 Å². The molecule has 1 unspecified atom stereocenters. The summed E-state index contributed by atoms with van der Waals surface area (Å²) in [6, 6.07) is 8.87.